The second-order valence-corrected chi connectivity index (χ2v) is 6.04. The second-order valence-electron chi connectivity index (χ2n) is 5.26. The fourth-order valence-corrected chi connectivity index (χ4v) is 3.38. The van der Waals surface area contributed by atoms with Crippen molar-refractivity contribution in [3.63, 3.8) is 0 Å². The van der Waals surface area contributed by atoms with E-state index in [-0.39, 0.29) is 18.1 Å². The summed E-state index contributed by atoms with van der Waals surface area (Å²) >= 11 is 1.69. The van der Waals surface area contributed by atoms with Crippen molar-refractivity contribution in [2.75, 3.05) is 6.54 Å². The normalized spacial score (nSPS) is 23.6. The third kappa shape index (κ3) is 3.00. The number of nitrogens with one attached hydrogen (secondary N) is 1. The number of rotatable bonds is 6. The molecule has 1 aromatic heterocycles. The molecule has 1 amide bonds. The van der Waals surface area contributed by atoms with Crippen LogP contribution in [0, 0.1) is 5.92 Å². The topological polar surface area (TPSA) is 32.3 Å². The fraction of sp³-hybridized carbons (Fsp3) is 0.667. The van der Waals surface area contributed by atoms with Gasteiger partial charge in [0.2, 0.25) is 5.91 Å². The maximum atomic E-state index is 12.5. The van der Waals surface area contributed by atoms with Crippen molar-refractivity contribution in [1.82, 2.24) is 10.2 Å². The van der Waals surface area contributed by atoms with Crippen molar-refractivity contribution in [2.24, 2.45) is 5.92 Å². The van der Waals surface area contributed by atoms with Crippen LogP contribution in [0.3, 0.4) is 0 Å². The van der Waals surface area contributed by atoms with Gasteiger partial charge in [0.25, 0.3) is 0 Å². The number of carbonyl (C=O) groups is 1. The molecule has 1 fully saturated rings. The largest absolute Gasteiger partial charge is 0.321 e. The molecular weight excluding hydrogens is 256 g/mol. The number of nitrogens with zero attached hydrogens (tertiary/aromatic N) is 1. The van der Waals surface area contributed by atoms with E-state index in [1.807, 2.05) is 4.90 Å². The molecule has 0 saturated carbocycles. The highest BCUT2D eigenvalue weighted by molar-refractivity contribution is 7.07. The molecule has 1 aromatic rings. The number of thiophene rings is 1. The van der Waals surface area contributed by atoms with E-state index >= 15 is 0 Å². The average Bonchev–Trinajstić information content (AvgIpc) is 3.04. The van der Waals surface area contributed by atoms with Crippen LogP contribution in [0.5, 0.6) is 0 Å². The molecule has 1 N–H and O–H groups in total. The van der Waals surface area contributed by atoms with Crippen LogP contribution in [0.1, 0.15) is 51.8 Å². The minimum Gasteiger partial charge on any atom is -0.321 e. The van der Waals surface area contributed by atoms with Gasteiger partial charge in [0.15, 0.2) is 0 Å². The lowest BCUT2D eigenvalue weighted by Crippen LogP contribution is -2.35. The Kier molecular flexibility index (Phi) is 4.99. The first-order chi connectivity index (χ1) is 9.21. The minimum absolute atomic E-state index is 0.0146. The highest BCUT2D eigenvalue weighted by atomic mass is 32.1. The van der Waals surface area contributed by atoms with Crippen LogP contribution < -0.4 is 5.32 Å². The van der Waals surface area contributed by atoms with E-state index in [2.05, 4.69) is 42.9 Å². The number of carbonyl (C=O) groups excluding carboxylic acids is 1. The van der Waals surface area contributed by atoms with Crippen molar-refractivity contribution >= 4 is 17.2 Å². The van der Waals surface area contributed by atoms with Crippen LogP contribution in [0.2, 0.25) is 0 Å². The SMILES string of the molecule is CCC(CC)CN1C(=O)C(CC)NC1c1ccsc1. The molecule has 2 heterocycles. The van der Waals surface area contributed by atoms with E-state index in [0.29, 0.717) is 5.92 Å². The molecule has 4 heteroatoms. The van der Waals surface area contributed by atoms with Crippen LogP contribution in [0.25, 0.3) is 0 Å². The van der Waals surface area contributed by atoms with Gasteiger partial charge in [-0.2, -0.15) is 11.3 Å². The first-order valence-corrected chi connectivity index (χ1v) is 8.24. The maximum Gasteiger partial charge on any atom is 0.241 e. The fourth-order valence-electron chi connectivity index (χ4n) is 2.70. The summed E-state index contributed by atoms with van der Waals surface area (Å²) in [7, 11) is 0. The van der Waals surface area contributed by atoms with Gasteiger partial charge in [0.05, 0.1) is 6.04 Å². The number of amides is 1. The number of hydrogen-bond donors (Lipinski definition) is 1. The smallest absolute Gasteiger partial charge is 0.241 e. The molecule has 106 valence electrons. The van der Waals surface area contributed by atoms with E-state index < -0.39 is 0 Å². The Balaban J connectivity index is 2.17. The molecule has 2 rings (SSSR count). The minimum atomic E-state index is -0.0146. The van der Waals surface area contributed by atoms with E-state index in [4.69, 9.17) is 0 Å². The van der Waals surface area contributed by atoms with Crippen LogP contribution >= 0.6 is 11.3 Å². The van der Waals surface area contributed by atoms with E-state index in [1.54, 1.807) is 11.3 Å². The lowest BCUT2D eigenvalue weighted by Gasteiger charge is -2.27. The predicted octanol–water partition coefficient (Wildman–Crippen LogP) is 3.39. The summed E-state index contributed by atoms with van der Waals surface area (Å²) in [5, 5.41) is 7.70. The quantitative estimate of drug-likeness (QED) is 0.866. The zero-order valence-corrected chi connectivity index (χ0v) is 12.9. The molecule has 1 aliphatic heterocycles. The summed E-state index contributed by atoms with van der Waals surface area (Å²) in [5.74, 6) is 0.869. The molecule has 2 unspecified atom stereocenters. The van der Waals surface area contributed by atoms with Crippen LogP contribution in [-0.4, -0.2) is 23.4 Å². The number of hydrogen-bond acceptors (Lipinski definition) is 3. The lowest BCUT2D eigenvalue weighted by atomic mass is 10.0. The van der Waals surface area contributed by atoms with Gasteiger partial charge in [-0.1, -0.05) is 33.6 Å². The predicted molar refractivity (Wildman–Crippen MR) is 80.1 cm³/mol. The molecule has 2 atom stereocenters. The monoisotopic (exact) mass is 280 g/mol. The highest BCUT2D eigenvalue weighted by Gasteiger charge is 2.39. The zero-order valence-electron chi connectivity index (χ0n) is 12.1. The van der Waals surface area contributed by atoms with Gasteiger partial charge >= 0.3 is 0 Å². The molecule has 1 saturated heterocycles. The second kappa shape index (κ2) is 6.53. The molecule has 19 heavy (non-hydrogen) atoms. The van der Waals surface area contributed by atoms with Gasteiger partial charge < -0.3 is 4.90 Å². The summed E-state index contributed by atoms with van der Waals surface area (Å²) < 4.78 is 0. The van der Waals surface area contributed by atoms with Crippen molar-refractivity contribution in [3.8, 4) is 0 Å². The molecule has 0 aromatic carbocycles. The molecule has 3 nitrogen and oxygen atoms in total. The Bertz CT molecular complexity index is 400. The molecule has 0 radical (unpaired) electrons. The molecule has 1 aliphatic rings. The van der Waals surface area contributed by atoms with Gasteiger partial charge in [-0.05, 0) is 34.7 Å². The molecule has 0 bridgehead atoms. The van der Waals surface area contributed by atoms with Crippen LogP contribution in [0.4, 0.5) is 0 Å². The highest BCUT2D eigenvalue weighted by Crippen LogP contribution is 2.29. The summed E-state index contributed by atoms with van der Waals surface area (Å²) in [4.78, 5) is 14.5. The molecular formula is C15H24N2OS. The Labute approximate surface area is 120 Å². The van der Waals surface area contributed by atoms with Gasteiger partial charge in [-0.25, -0.2) is 0 Å². The summed E-state index contributed by atoms with van der Waals surface area (Å²) in [5.41, 5.74) is 1.22. The van der Waals surface area contributed by atoms with Crippen molar-refractivity contribution < 1.29 is 4.79 Å². The van der Waals surface area contributed by atoms with Crippen molar-refractivity contribution in [2.45, 2.75) is 52.2 Å². The van der Waals surface area contributed by atoms with Gasteiger partial charge in [0.1, 0.15) is 6.17 Å². The van der Waals surface area contributed by atoms with Gasteiger partial charge in [-0.3, -0.25) is 10.1 Å². The van der Waals surface area contributed by atoms with Crippen LogP contribution in [0.15, 0.2) is 16.8 Å². The lowest BCUT2D eigenvalue weighted by molar-refractivity contribution is -0.130. The van der Waals surface area contributed by atoms with Crippen molar-refractivity contribution in [1.29, 1.82) is 0 Å². The van der Waals surface area contributed by atoms with Crippen LogP contribution in [-0.2, 0) is 4.79 Å². The summed E-state index contributed by atoms with van der Waals surface area (Å²) in [6.07, 6.45) is 3.20. The molecule has 0 aliphatic carbocycles. The Morgan fingerprint density at radius 2 is 2.11 bits per heavy atom. The Morgan fingerprint density at radius 1 is 1.37 bits per heavy atom. The zero-order chi connectivity index (χ0) is 13.8. The standard InChI is InChI=1S/C15H24N2OS/c1-4-11(5-2)9-17-14(12-7-8-19-10-12)16-13(6-3)15(17)18/h7-8,10-11,13-14,16H,4-6,9H2,1-3H3. The summed E-state index contributed by atoms with van der Waals surface area (Å²) in [6, 6.07) is 2.10. The Morgan fingerprint density at radius 3 is 2.63 bits per heavy atom. The van der Waals surface area contributed by atoms with Gasteiger partial charge in [0, 0.05) is 6.54 Å². The first kappa shape index (κ1) is 14.5. The average molecular weight is 280 g/mol. The van der Waals surface area contributed by atoms with E-state index in [9.17, 15) is 4.79 Å². The third-order valence-corrected chi connectivity index (χ3v) is 4.83. The third-order valence-electron chi connectivity index (χ3n) is 4.13. The Hall–Kier alpha value is -0.870. The van der Waals surface area contributed by atoms with E-state index in [0.717, 1.165) is 25.8 Å². The van der Waals surface area contributed by atoms with Gasteiger partial charge in [-0.15, -0.1) is 0 Å². The first-order valence-electron chi connectivity index (χ1n) is 7.29. The molecule has 0 spiro atoms. The summed E-state index contributed by atoms with van der Waals surface area (Å²) in [6.45, 7) is 7.36. The maximum absolute atomic E-state index is 12.5. The van der Waals surface area contributed by atoms with E-state index in [1.165, 1.54) is 5.56 Å². The van der Waals surface area contributed by atoms with Crippen molar-refractivity contribution in [3.05, 3.63) is 22.4 Å².